The van der Waals surface area contributed by atoms with Gasteiger partial charge in [0.2, 0.25) is 0 Å². The van der Waals surface area contributed by atoms with Crippen molar-refractivity contribution < 1.29 is 0 Å². The largest absolute Gasteiger partial charge is 0.346 e. The molecule has 0 bridgehead atoms. The number of aromatic nitrogens is 2. The van der Waals surface area contributed by atoms with Crippen LogP contribution in [0.1, 0.15) is 48.8 Å². The second kappa shape index (κ2) is 4.21. The number of hydrogen-bond donors (Lipinski definition) is 2. The summed E-state index contributed by atoms with van der Waals surface area (Å²) in [7, 11) is 0. The van der Waals surface area contributed by atoms with Gasteiger partial charge in [-0.2, -0.15) is 0 Å². The zero-order valence-electron chi connectivity index (χ0n) is 10.1. The van der Waals surface area contributed by atoms with Gasteiger partial charge in [-0.1, -0.05) is 6.42 Å². The molecule has 2 N–H and O–H groups in total. The van der Waals surface area contributed by atoms with Crippen molar-refractivity contribution in [3.05, 3.63) is 17.2 Å². The summed E-state index contributed by atoms with van der Waals surface area (Å²) < 4.78 is 0. The summed E-state index contributed by atoms with van der Waals surface area (Å²) in [5.41, 5.74) is 2.62. The molecular formula is C13H21N3. The Hall–Kier alpha value is -0.830. The molecule has 2 fully saturated rings. The fourth-order valence-electron chi connectivity index (χ4n) is 2.76. The van der Waals surface area contributed by atoms with E-state index in [1.165, 1.54) is 56.0 Å². The minimum Gasteiger partial charge on any atom is -0.346 e. The van der Waals surface area contributed by atoms with Gasteiger partial charge in [-0.05, 0) is 51.6 Å². The van der Waals surface area contributed by atoms with E-state index in [0.29, 0.717) is 0 Å². The van der Waals surface area contributed by atoms with Crippen molar-refractivity contribution in [1.82, 2.24) is 15.3 Å². The van der Waals surface area contributed by atoms with E-state index in [1.54, 1.807) is 0 Å². The molecule has 3 rings (SSSR count). The lowest BCUT2D eigenvalue weighted by Gasteiger charge is -2.22. The van der Waals surface area contributed by atoms with Gasteiger partial charge >= 0.3 is 0 Å². The molecule has 1 saturated carbocycles. The normalized spacial score (nSPS) is 25.9. The molecule has 1 aromatic rings. The Balaban J connectivity index is 1.70. The van der Waals surface area contributed by atoms with Crippen LogP contribution in [0.5, 0.6) is 0 Å². The minimum atomic E-state index is 0.731. The van der Waals surface area contributed by atoms with Gasteiger partial charge in [-0.3, -0.25) is 0 Å². The monoisotopic (exact) mass is 219 g/mol. The Morgan fingerprint density at radius 1 is 1.31 bits per heavy atom. The summed E-state index contributed by atoms with van der Waals surface area (Å²) in [5, 5.41) is 3.43. The van der Waals surface area contributed by atoms with E-state index in [4.69, 9.17) is 4.98 Å². The van der Waals surface area contributed by atoms with Gasteiger partial charge in [0, 0.05) is 11.6 Å². The highest BCUT2D eigenvalue weighted by molar-refractivity contribution is 5.17. The molecule has 1 aliphatic carbocycles. The molecule has 3 nitrogen and oxygen atoms in total. The predicted molar refractivity (Wildman–Crippen MR) is 64.6 cm³/mol. The molecule has 2 heterocycles. The average Bonchev–Trinajstić information content (AvgIpc) is 2.76. The third kappa shape index (κ3) is 1.88. The van der Waals surface area contributed by atoms with E-state index < -0.39 is 0 Å². The Bertz CT molecular complexity index is 359. The molecule has 1 saturated heterocycles. The molecule has 0 amide bonds. The van der Waals surface area contributed by atoms with E-state index >= 15 is 0 Å². The van der Waals surface area contributed by atoms with E-state index in [-0.39, 0.29) is 0 Å². The van der Waals surface area contributed by atoms with Crippen molar-refractivity contribution >= 4 is 0 Å². The molecule has 1 aliphatic heterocycles. The van der Waals surface area contributed by atoms with Crippen molar-refractivity contribution in [2.75, 3.05) is 13.1 Å². The van der Waals surface area contributed by atoms with Crippen LogP contribution in [-0.2, 0) is 6.42 Å². The van der Waals surface area contributed by atoms with Gasteiger partial charge < -0.3 is 10.3 Å². The summed E-state index contributed by atoms with van der Waals surface area (Å²) in [6.45, 7) is 4.53. The highest BCUT2D eigenvalue weighted by atomic mass is 15.0. The topological polar surface area (TPSA) is 40.7 Å². The van der Waals surface area contributed by atoms with Gasteiger partial charge in [0.1, 0.15) is 5.82 Å². The van der Waals surface area contributed by atoms with Crippen molar-refractivity contribution in [2.45, 2.75) is 44.9 Å². The van der Waals surface area contributed by atoms with Crippen LogP contribution in [0.4, 0.5) is 0 Å². The zero-order valence-corrected chi connectivity index (χ0v) is 10.1. The summed E-state index contributed by atoms with van der Waals surface area (Å²) >= 11 is 0. The van der Waals surface area contributed by atoms with Crippen LogP contribution < -0.4 is 5.32 Å². The van der Waals surface area contributed by atoms with Crippen molar-refractivity contribution in [2.24, 2.45) is 5.92 Å². The predicted octanol–water partition coefficient (Wildman–Crippen LogP) is 2.14. The van der Waals surface area contributed by atoms with Gasteiger partial charge in [-0.15, -0.1) is 0 Å². The van der Waals surface area contributed by atoms with Crippen LogP contribution in [-0.4, -0.2) is 23.1 Å². The van der Waals surface area contributed by atoms with Crippen molar-refractivity contribution in [3.63, 3.8) is 0 Å². The van der Waals surface area contributed by atoms with E-state index in [9.17, 15) is 0 Å². The standard InChI is InChI=1S/C13H21N3/c1-9-12(7-10-5-6-14-8-10)16-13(15-9)11-3-2-4-11/h10-11,14H,2-8H2,1H3,(H,15,16). The Kier molecular flexibility index (Phi) is 2.72. The van der Waals surface area contributed by atoms with Gasteiger partial charge in [0.15, 0.2) is 0 Å². The lowest BCUT2D eigenvalue weighted by molar-refractivity contribution is 0.403. The highest BCUT2D eigenvalue weighted by Crippen LogP contribution is 2.35. The third-order valence-electron chi connectivity index (χ3n) is 4.14. The van der Waals surface area contributed by atoms with E-state index in [1.807, 2.05) is 0 Å². The van der Waals surface area contributed by atoms with Crippen LogP contribution in [0, 0.1) is 12.8 Å². The van der Waals surface area contributed by atoms with Gasteiger partial charge in [0.25, 0.3) is 0 Å². The minimum absolute atomic E-state index is 0.731. The van der Waals surface area contributed by atoms with E-state index in [0.717, 1.165) is 18.3 Å². The fraction of sp³-hybridized carbons (Fsp3) is 0.769. The maximum absolute atomic E-state index is 4.81. The number of nitrogens with zero attached hydrogens (tertiary/aromatic N) is 1. The highest BCUT2D eigenvalue weighted by Gasteiger charge is 2.24. The second-order valence-corrected chi connectivity index (χ2v) is 5.38. The van der Waals surface area contributed by atoms with Crippen LogP contribution in [0.15, 0.2) is 0 Å². The van der Waals surface area contributed by atoms with Gasteiger partial charge in [0.05, 0.1) is 5.69 Å². The van der Waals surface area contributed by atoms with Crippen LogP contribution in [0.3, 0.4) is 0 Å². The Labute approximate surface area is 97.0 Å². The molecular weight excluding hydrogens is 198 g/mol. The Morgan fingerprint density at radius 3 is 2.81 bits per heavy atom. The van der Waals surface area contributed by atoms with Gasteiger partial charge in [-0.25, -0.2) is 4.98 Å². The number of imidazole rings is 1. The van der Waals surface area contributed by atoms with Crippen LogP contribution in [0.2, 0.25) is 0 Å². The second-order valence-electron chi connectivity index (χ2n) is 5.38. The first-order valence-corrected chi connectivity index (χ1v) is 6.59. The lowest BCUT2D eigenvalue weighted by atomic mass is 9.85. The number of H-pyrrole nitrogens is 1. The number of nitrogens with one attached hydrogen (secondary N) is 2. The van der Waals surface area contributed by atoms with Crippen LogP contribution in [0.25, 0.3) is 0 Å². The first kappa shape index (κ1) is 10.3. The number of hydrogen-bond acceptors (Lipinski definition) is 2. The van der Waals surface area contributed by atoms with Crippen LogP contribution >= 0.6 is 0 Å². The maximum atomic E-state index is 4.81. The molecule has 88 valence electrons. The Morgan fingerprint density at radius 2 is 2.19 bits per heavy atom. The SMILES string of the molecule is Cc1[nH]c(C2CCC2)nc1CC1CCNC1. The zero-order chi connectivity index (χ0) is 11.0. The smallest absolute Gasteiger partial charge is 0.109 e. The maximum Gasteiger partial charge on any atom is 0.109 e. The summed E-state index contributed by atoms with van der Waals surface area (Å²) in [6.07, 6.45) is 6.51. The summed E-state index contributed by atoms with van der Waals surface area (Å²) in [5.74, 6) is 2.79. The molecule has 2 aliphatic rings. The third-order valence-corrected chi connectivity index (χ3v) is 4.14. The quantitative estimate of drug-likeness (QED) is 0.817. The average molecular weight is 219 g/mol. The molecule has 1 unspecified atom stereocenters. The molecule has 16 heavy (non-hydrogen) atoms. The van der Waals surface area contributed by atoms with Crippen molar-refractivity contribution in [3.8, 4) is 0 Å². The van der Waals surface area contributed by atoms with E-state index in [2.05, 4.69) is 17.2 Å². The fourth-order valence-corrected chi connectivity index (χ4v) is 2.76. The first-order valence-electron chi connectivity index (χ1n) is 6.59. The molecule has 1 atom stereocenters. The first-order chi connectivity index (χ1) is 7.83. The molecule has 3 heteroatoms. The lowest BCUT2D eigenvalue weighted by Crippen LogP contribution is -2.12. The number of aryl methyl sites for hydroxylation is 1. The summed E-state index contributed by atoms with van der Waals surface area (Å²) in [4.78, 5) is 8.30. The summed E-state index contributed by atoms with van der Waals surface area (Å²) in [6, 6.07) is 0. The molecule has 1 aromatic heterocycles. The number of aromatic amines is 1. The molecule has 0 spiro atoms. The molecule has 0 radical (unpaired) electrons. The number of rotatable bonds is 3. The molecule has 0 aromatic carbocycles. The van der Waals surface area contributed by atoms with Crippen molar-refractivity contribution in [1.29, 1.82) is 0 Å².